The van der Waals surface area contributed by atoms with Crippen LogP contribution in [0.25, 0.3) is 0 Å². The van der Waals surface area contributed by atoms with Crippen LogP contribution in [0.15, 0.2) is 42.5 Å². The highest BCUT2D eigenvalue weighted by Crippen LogP contribution is 2.34. The Balaban J connectivity index is 1.74. The van der Waals surface area contributed by atoms with Gasteiger partial charge >= 0.3 is 0 Å². The molecule has 0 amide bonds. The average Bonchev–Trinajstić information content (AvgIpc) is 2.99. The molecule has 0 saturated heterocycles. The van der Waals surface area contributed by atoms with Gasteiger partial charge in [0, 0.05) is 18.0 Å². The number of nitrogens with two attached hydrogens (primary N) is 1. The highest BCUT2D eigenvalue weighted by molar-refractivity contribution is 5.45. The first-order valence-electron chi connectivity index (χ1n) is 7.54. The maximum absolute atomic E-state index is 5.78. The summed E-state index contributed by atoms with van der Waals surface area (Å²) in [5.74, 6) is 6.81. The van der Waals surface area contributed by atoms with Gasteiger partial charge in [-0.15, -0.1) is 0 Å². The quantitative estimate of drug-likeness (QED) is 0.654. The first kappa shape index (κ1) is 14.1. The molecule has 0 radical (unpaired) electrons. The molecule has 2 aromatic carbocycles. The summed E-state index contributed by atoms with van der Waals surface area (Å²) in [5.41, 5.74) is 8.06. The van der Waals surface area contributed by atoms with Crippen LogP contribution in [-0.4, -0.2) is 6.61 Å². The largest absolute Gasteiger partial charge is 0.493 e. The van der Waals surface area contributed by atoms with Crippen LogP contribution in [0.4, 0.5) is 0 Å². The van der Waals surface area contributed by atoms with Crippen molar-refractivity contribution in [2.45, 2.75) is 32.2 Å². The molecular weight excluding hydrogens is 260 g/mol. The maximum Gasteiger partial charge on any atom is 0.127 e. The van der Waals surface area contributed by atoms with E-state index in [0.717, 1.165) is 31.6 Å². The first-order chi connectivity index (χ1) is 10.3. The molecule has 0 aliphatic carbocycles. The van der Waals surface area contributed by atoms with E-state index >= 15 is 0 Å². The summed E-state index contributed by atoms with van der Waals surface area (Å²) in [6.07, 6.45) is 2.95. The van der Waals surface area contributed by atoms with Crippen molar-refractivity contribution in [3.05, 3.63) is 64.7 Å². The van der Waals surface area contributed by atoms with E-state index in [-0.39, 0.29) is 6.04 Å². The Morgan fingerprint density at radius 1 is 1.19 bits per heavy atom. The predicted octanol–water partition coefficient (Wildman–Crippen LogP) is 3.07. The number of para-hydroxylation sites is 1. The third-order valence-electron chi connectivity index (χ3n) is 4.16. The number of nitrogens with one attached hydrogen (secondary N) is 1. The van der Waals surface area contributed by atoms with Crippen LogP contribution in [0.3, 0.4) is 0 Å². The van der Waals surface area contributed by atoms with E-state index in [4.69, 9.17) is 10.6 Å². The lowest BCUT2D eigenvalue weighted by atomic mass is 9.96. The fraction of sp³-hybridized carbons (Fsp3) is 0.333. The van der Waals surface area contributed by atoms with Gasteiger partial charge in [0.2, 0.25) is 0 Å². The summed E-state index contributed by atoms with van der Waals surface area (Å²) in [6, 6.07) is 15.2. The smallest absolute Gasteiger partial charge is 0.127 e. The standard InChI is InChI=1S/C18H22N2O/c1-13-5-7-14(8-6-13)9-10-17(20-19)16-4-2-3-15-11-12-21-18(15)16/h2-8,17,20H,9-12,19H2,1H3. The minimum Gasteiger partial charge on any atom is -0.493 e. The van der Waals surface area contributed by atoms with Gasteiger partial charge in [0.1, 0.15) is 5.75 Å². The van der Waals surface area contributed by atoms with Gasteiger partial charge < -0.3 is 4.74 Å². The minimum atomic E-state index is 0.124. The predicted molar refractivity (Wildman–Crippen MR) is 85.2 cm³/mol. The molecule has 0 aromatic heterocycles. The van der Waals surface area contributed by atoms with E-state index in [9.17, 15) is 0 Å². The molecule has 1 heterocycles. The summed E-state index contributed by atoms with van der Waals surface area (Å²) in [6.45, 7) is 2.89. The third-order valence-corrected chi connectivity index (χ3v) is 4.16. The fourth-order valence-corrected chi connectivity index (χ4v) is 2.91. The summed E-state index contributed by atoms with van der Waals surface area (Å²) >= 11 is 0. The van der Waals surface area contributed by atoms with Crippen molar-refractivity contribution in [3.63, 3.8) is 0 Å². The van der Waals surface area contributed by atoms with Gasteiger partial charge in [0.25, 0.3) is 0 Å². The highest BCUT2D eigenvalue weighted by atomic mass is 16.5. The molecule has 3 nitrogen and oxygen atoms in total. The number of hydrazine groups is 1. The van der Waals surface area contributed by atoms with E-state index < -0.39 is 0 Å². The van der Waals surface area contributed by atoms with Gasteiger partial charge in [-0.3, -0.25) is 11.3 Å². The zero-order valence-electron chi connectivity index (χ0n) is 12.4. The van der Waals surface area contributed by atoms with Gasteiger partial charge in [-0.1, -0.05) is 48.0 Å². The molecule has 3 N–H and O–H groups in total. The van der Waals surface area contributed by atoms with E-state index in [1.807, 2.05) is 0 Å². The number of fused-ring (bicyclic) bond motifs is 1. The van der Waals surface area contributed by atoms with Crippen molar-refractivity contribution in [2.75, 3.05) is 6.61 Å². The van der Waals surface area contributed by atoms with Crippen molar-refractivity contribution in [3.8, 4) is 5.75 Å². The highest BCUT2D eigenvalue weighted by Gasteiger charge is 2.21. The third kappa shape index (κ3) is 3.09. The number of benzene rings is 2. The van der Waals surface area contributed by atoms with E-state index in [1.165, 1.54) is 22.3 Å². The number of aryl methyl sites for hydroxylation is 2. The zero-order chi connectivity index (χ0) is 14.7. The van der Waals surface area contributed by atoms with Gasteiger partial charge in [-0.25, -0.2) is 0 Å². The number of rotatable bonds is 5. The molecule has 1 atom stereocenters. The normalized spacial score (nSPS) is 14.6. The number of hydrogen-bond donors (Lipinski definition) is 2. The van der Waals surface area contributed by atoms with Gasteiger partial charge in [-0.2, -0.15) is 0 Å². The van der Waals surface area contributed by atoms with Crippen LogP contribution in [0.5, 0.6) is 5.75 Å². The Bertz CT molecular complexity index is 607. The summed E-state index contributed by atoms with van der Waals surface area (Å²) < 4.78 is 5.78. The second kappa shape index (κ2) is 6.29. The van der Waals surface area contributed by atoms with Crippen molar-refractivity contribution in [1.29, 1.82) is 0 Å². The Kier molecular flexibility index (Phi) is 4.23. The minimum absolute atomic E-state index is 0.124. The van der Waals surface area contributed by atoms with Gasteiger partial charge in [-0.05, 0) is 30.9 Å². The Labute approximate surface area is 126 Å². The van der Waals surface area contributed by atoms with E-state index in [0.29, 0.717) is 0 Å². The van der Waals surface area contributed by atoms with Gasteiger partial charge in [0.05, 0.1) is 6.61 Å². The molecular formula is C18H22N2O. The number of hydrogen-bond acceptors (Lipinski definition) is 3. The van der Waals surface area contributed by atoms with Crippen molar-refractivity contribution in [2.24, 2.45) is 5.84 Å². The fourth-order valence-electron chi connectivity index (χ4n) is 2.91. The second-order valence-electron chi connectivity index (χ2n) is 5.68. The Morgan fingerprint density at radius 2 is 2.00 bits per heavy atom. The molecule has 3 rings (SSSR count). The molecule has 21 heavy (non-hydrogen) atoms. The molecule has 0 spiro atoms. The molecule has 1 aliphatic rings. The molecule has 1 aliphatic heterocycles. The van der Waals surface area contributed by atoms with Crippen molar-refractivity contribution < 1.29 is 4.74 Å². The summed E-state index contributed by atoms with van der Waals surface area (Å²) in [7, 11) is 0. The molecule has 1 unspecified atom stereocenters. The van der Waals surface area contributed by atoms with Crippen molar-refractivity contribution >= 4 is 0 Å². The van der Waals surface area contributed by atoms with Crippen LogP contribution in [0.1, 0.15) is 34.7 Å². The molecule has 110 valence electrons. The van der Waals surface area contributed by atoms with Crippen LogP contribution < -0.4 is 16.0 Å². The van der Waals surface area contributed by atoms with E-state index in [2.05, 4.69) is 54.8 Å². The first-order valence-corrected chi connectivity index (χ1v) is 7.54. The van der Waals surface area contributed by atoms with Crippen LogP contribution >= 0.6 is 0 Å². The average molecular weight is 282 g/mol. The lowest BCUT2D eigenvalue weighted by Crippen LogP contribution is -2.28. The van der Waals surface area contributed by atoms with Crippen LogP contribution in [-0.2, 0) is 12.8 Å². The SMILES string of the molecule is Cc1ccc(CCC(NN)c2cccc3c2OCC3)cc1. The molecule has 0 bridgehead atoms. The Hall–Kier alpha value is -1.84. The lowest BCUT2D eigenvalue weighted by Gasteiger charge is -2.19. The summed E-state index contributed by atoms with van der Waals surface area (Å²) in [5, 5.41) is 0. The zero-order valence-corrected chi connectivity index (χ0v) is 12.4. The molecule has 0 fully saturated rings. The van der Waals surface area contributed by atoms with E-state index in [1.54, 1.807) is 0 Å². The molecule has 0 saturated carbocycles. The van der Waals surface area contributed by atoms with Gasteiger partial charge in [0.15, 0.2) is 0 Å². The molecule has 3 heteroatoms. The summed E-state index contributed by atoms with van der Waals surface area (Å²) in [4.78, 5) is 0. The number of ether oxygens (including phenoxy) is 1. The second-order valence-corrected chi connectivity index (χ2v) is 5.68. The van der Waals surface area contributed by atoms with Crippen molar-refractivity contribution in [1.82, 2.24) is 5.43 Å². The maximum atomic E-state index is 5.78. The van der Waals surface area contributed by atoms with Crippen LogP contribution in [0.2, 0.25) is 0 Å². The van der Waals surface area contributed by atoms with Crippen LogP contribution in [0, 0.1) is 6.92 Å². The lowest BCUT2D eigenvalue weighted by molar-refractivity contribution is 0.347. The Morgan fingerprint density at radius 3 is 2.76 bits per heavy atom. The molecule has 2 aromatic rings. The monoisotopic (exact) mass is 282 g/mol. The topological polar surface area (TPSA) is 47.3 Å².